The van der Waals surface area contributed by atoms with E-state index < -0.39 is 0 Å². The summed E-state index contributed by atoms with van der Waals surface area (Å²) >= 11 is 1.55. The van der Waals surface area contributed by atoms with E-state index in [1.54, 1.807) is 11.3 Å². The zero-order valence-corrected chi connectivity index (χ0v) is 17.5. The fourth-order valence-corrected chi connectivity index (χ4v) is 4.04. The molecule has 0 fully saturated rings. The van der Waals surface area contributed by atoms with Crippen LogP contribution in [0.4, 0.5) is 5.69 Å². The van der Waals surface area contributed by atoms with Crippen molar-refractivity contribution in [1.82, 2.24) is 9.38 Å². The largest absolute Gasteiger partial charge is 0.494 e. The summed E-state index contributed by atoms with van der Waals surface area (Å²) in [5.74, 6) is 0.734. The van der Waals surface area contributed by atoms with Gasteiger partial charge in [-0.3, -0.25) is 9.20 Å². The summed E-state index contributed by atoms with van der Waals surface area (Å²) < 4.78 is 7.44. The standard InChI is InChI=1S/C23H23N3O2S/c1-4-28-20-9-7-18(8-10-20)24-22(27)12-19-14-29-23-25-21(13-26(19)23)17-6-5-15(2)16(3)11-17/h5-11,13-14H,4,12H2,1-3H3,(H,24,27). The number of rotatable bonds is 6. The fraction of sp³-hybridized carbons (Fsp3) is 0.217. The number of aromatic nitrogens is 2. The first-order valence-electron chi connectivity index (χ1n) is 9.59. The predicted molar refractivity (Wildman–Crippen MR) is 118 cm³/mol. The first-order valence-corrected chi connectivity index (χ1v) is 10.5. The van der Waals surface area contributed by atoms with Crippen LogP contribution < -0.4 is 10.1 Å². The Labute approximate surface area is 174 Å². The molecule has 5 nitrogen and oxygen atoms in total. The number of ether oxygens (including phenoxy) is 1. The number of nitrogens with zero attached hydrogens (tertiary/aromatic N) is 2. The van der Waals surface area contributed by atoms with Crippen molar-refractivity contribution in [2.75, 3.05) is 11.9 Å². The number of nitrogens with one attached hydrogen (secondary N) is 1. The highest BCUT2D eigenvalue weighted by Crippen LogP contribution is 2.26. The van der Waals surface area contributed by atoms with Gasteiger partial charge >= 0.3 is 0 Å². The van der Waals surface area contributed by atoms with E-state index in [9.17, 15) is 4.79 Å². The molecule has 0 atom stereocenters. The van der Waals surface area contributed by atoms with Crippen molar-refractivity contribution in [3.05, 3.63) is 70.9 Å². The lowest BCUT2D eigenvalue weighted by atomic mass is 10.0. The van der Waals surface area contributed by atoms with E-state index >= 15 is 0 Å². The Bertz CT molecular complexity index is 1160. The molecule has 6 heteroatoms. The number of aryl methyl sites for hydroxylation is 2. The monoisotopic (exact) mass is 405 g/mol. The van der Waals surface area contributed by atoms with Crippen molar-refractivity contribution < 1.29 is 9.53 Å². The van der Waals surface area contributed by atoms with Crippen LogP contribution in [0.2, 0.25) is 0 Å². The van der Waals surface area contributed by atoms with Crippen LogP contribution in [0.3, 0.4) is 0 Å². The Kier molecular flexibility index (Phi) is 5.36. The van der Waals surface area contributed by atoms with E-state index in [0.29, 0.717) is 6.61 Å². The molecule has 29 heavy (non-hydrogen) atoms. The molecule has 2 heterocycles. The van der Waals surface area contributed by atoms with Crippen LogP contribution in [0.15, 0.2) is 54.0 Å². The molecular formula is C23H23N3O2S. The molecular weight excluding hydrogens is 382 g/mol. The van der Waals surface area contributed by atoms with E-state index in [0.717, 1.165) is 33.3 Å². The molecule has 1 amide bonds. The highest BCUT2D eigenvalue weighted by molar-refractivity contribution is 7.15. The molecule has 0 saturated heterocycles. The van der Waals surface area contributed by atoms with Gasteiger partial charge in [-0.15, -0.1) is 11.3 Å². The Balaban J connectivity index is 1.49. The number of anilines is 1. The van der Waals surface area contributed by atoms with Gasteiger partial charge in [0.1, 0.15) is 5.75 Å². The number of fused-ring (bicyclic) bond motifs is 1. The van der Waals surface area contributed by atoms with Crippen molar-refractivity contribution in [3.63, 3.8) is 0 Å². The number of carbonyl (C=O) groups is 1. The lowest BCUT2D eigenvalue weighted by Crippen LogP contribution is -2.15. The number of hydrogen-bond donors (Lipinski definition) is 1. The molecule has 1 N–H and O–H groups in total. The summed E-state index contributed by atoms with van der Waals surface area (Å²) in [6.07, 6.45) is 2.30. The zero-order chi connectivity index (χ0) is 20.4. The van der Waals surface area contributed by atoms with Gasteiger partial charge in [0.2, 0.25) is 5.91 Å². The number of carbonyl (C=O) groups excluding carboxylic acids is 1. The smallest absolute Gasteiger partial charge is 0.230 e. The van der Waals surface area contributed by atoms with Crippen LogP contribution in [0, 0.1) is 13.8 Å². The molecule has 0 unspecified atom stereocenters. The summed E-state index contributed by atoms with van der Waals surface area (Å²) in [7, 11) is 0. The number of hydrogen-bond acceptors (Lipinski definition) is 4. The van der Waals surface area contributed by atoms with Gasteiger partial charge in [0.25, 0.3) is 0 Å². The first kappa shape index (κ1) is 19.2. The highest BCUT2D eigenvalue weighted by Gasteiger charge is 2.13. The Morgan fingerprint density at radius 3 is 2.66 bits per heavy atom. The molecule has 148 valence electrons. The van der Waals surface area contributed by atoms with Gasteiger partial charge in [-0.1, -0.05) is 12.1 Å². The molecule has 2 aromatic heterocycles. The number of benzene rings is 2. The molecule has 4 rings (SSSR count). The molecule has 0 spiro atoms. The fourth-order valence-electron chi connectivity index (χ4n) is 3.17. The number of thiazole rings is 1. The van der Waals surface area contributed by atoms with Crippen molar-refractivity contribution in [2.24, 2.45) is 0 Å². The molecule has 2 aromatic carbocycles. The minimum atomic E-state index is -0.0599. The van der Waals surface area contributed by atoms with Gasteiger partial charge in [-0.05, 0) is 62.2 Å². The van der Waals surface area contributed by atoms with Gasteiger partial charge in [0.05, 0.1) is 18.7 Å². The Morgan fingerprint density at radius 2 is 1.93 bits per heavy atom. The van der Waals surface area contributed by atoms with Crippen molar-refractivity contribution in [2.45, 2.75) is 27.2 Å². The average molecular weight is 406 g/mol. The molecule has 0 aliphatic carbocycles. The average Bonchev–Trinajstić information content (AvgIpc) is 3.28. The molecule has 0 aliphatic rings. The molecule has 0 saturated carbocycles. The maximum atomic E-state index is 12.5. The van der Waals surface area contributed by atoms with E-state index in [1.165, 1.54) is 11.1 Å². The van der Waals surface area contributed by atoms with E-state index in [4.69, 9.17) is 9.72 Å². The van der Waals surface area contributed by atoms with Crippen LogP contribution >= 0.6 is 11.3 Å². The van der Waals surface area contributed by atoms with Gasteiger partial charge in [0, 0.05) is 28.5 Å². The second-order valence-electron chi connectivity index (χ2n) is 6.99. The van der Waals surface area contributed by atoms with Crippen molar-refractivity contribution in [1.29, 1.82) is 0 Å². The minimum Gasteiger partial charge on any atom is -0.494 e. The highest BCUT2D eigenvalue weighted by atomic mass is 32.1. The maximum absolute atomic E-state index is 12.5. The van der Waals surface area contributed by atoms with Crippen LogP contribution in [0.25, 0.3) is 16.2 Å². The molecule has 4 aromatic rings. The Hall–Kier alpha value is -3.12. The van der Waals surface area contributed by atoms with Crippen LogP contribution in [-0.2, 0) is 11.2 Å². The van der Waals surface area contributed by atoms with E-state index in [2.05, 4.69) is 37.4 Å². The summed E-state index contributed by atoms with van der Waals surface area (Å²) in [6.45, 7) is 6.77. The summed E-state index contributed by atoms with van der Waals surface area (Å²) in [5, 5.41) is 4.93. The number of imidazole rings is 1. The topological polar surface area (TPSA) is 55.6 Å². The third-order valence-corrected chi connectivity index (χ3v) is 5.77. The summed E-state index contributed by atoms with van der Waals surface area (Å²) in [4.78, 5) is 18.1. The third kappa shape index (κ3) is 4.17. The molecule has 0 aliphatic heterocycles. The van der Waals surface area contributed by atoms with Crippen LogP contribution in [0.1, 0.15) is 23.7 Å². The van der Waals surface area contributed by atoms with Gasteiger partial charge in [-0.25, -0.2) is 4.98 Å². The molecule has 0 radical (unpaired) electrons. The second kappa shape index (κ2) is 8.09. The summed E-state index contributed by atoms with van der Waals surface area (Å²) in [5.41, 5.74) is 6.21. The van der Waals surface area contributed by atoms with Gasteiger partial charge in [-0.2, -0.15) is 0 Å². The lowest BCUT2D eigenvalue weighted by molar-refractivity contribution is -0.115. The van der Waals surface area contributed by atoms with Crippen molar-refractivity contribution in [3.8, 4) is 17.0 Å². The van der Waals surface area contributed by atoms with Crippen LogP contribution in [0.5, 0.6) is 5.75 Å². The molecule has 0 bridgehead atoms. The first-order chi connectivity index (χ1) is 14.0. The van der Waals surface area contributed by atoms with E-state index in [-0.39, 0.29) is 12.3 Å². The lowest BCUT2D eigenvalue weighted by Gasteiger charge is -2.07. The minimum absolute atomic E-state index is 0.0599. The maximum Gasteiger partial charge on any atom is 0.230 e. The Morgan fingerprint density at radius 1 is 1.14 bits per heavy atom. The third-order valence-electron chi connectivity index (χ3n) is 4.88. The predicted octanol–water partition coefficient (Wildman–Crippen LogP) is 5.26. The van der Waals surface area contributed by atoms with E-state index in [1.807, 2.05) is 47.2 Å². The van der Waals surface area contributed by atoms with Gasteiger partial charge in [0.15, 0.2) is 4.96 Å². The SMILES string of the molecule is CCOc1ccc(NC(=O)Cc2csc3nc(-c4ccc(C)c(C)c4)cn23)cc1. The number of amides is 1. The van der Waals surface area contributed by atoms with Gasteiger partial charge < -0.3 is 10.1 Å². The quantitative estimate of drug-likeness (QED) is 0.476. The van der Waals surface area contributed by atoms with Crippen LogP contribution in [-0.4, -0.2) is 21.9 Å². The zero-order valence-electron chi connectivity index (χ0n) is 16.7. The second-order valence-corrected chi connectivity index (χ2v) is 7.82. The van der Waals surface area contributed by atoms with Crippen molar-refractivity contribution >= 4 is 27.9 Å². The summed E-state index contributed by atoms with van der Waals surface area (Å²) in [6, 6.07) is 13.8. The normalized spacial score (nSPS) is 11.0.